The Hall–Kier alpha value is -0.790. The molecule has 4 fully saturated rings. The van der Waals surface area contributed by atoms with Crippen molar-refractivity contribution >= 4 is 5.97 Å². The van der Waals surface area contributed by atoms with Gasteiger partial charge in [0.1, 0.15) is 6.10 Å². The summed E-state index contributed by atoms with van der Waals surface area (Å²) in [5.41, 5.74) is -1.39. The molecule has 4 aliphatic rings. The molecule has 0 aromatic carbocycles. The molecular formula is C16H24F2O5. The van der Waals surface area contributed by atoms with Crippen molar-refractivity contribution in [2.45, 2.75) is 64.0 Å². The predicted molar refractivity (Wildman–Crippen MR) is 75.8 cm³/mol. The van der Waals surface area contributed by atoms with Crippen LogP contribution in [0.4, 0.5) is 8.78 Å². The van der Waals surface area contributed by atoms with E-state index in [4.69, 9.17) is 14.2 Å². The molecule has 1 saturated heterocycles. The average molecular weight is 334 g/mol. The highest BCUT2D eigenvalue weighted by Gasteiger charge is 2.75. The summed E-state index contributed by atoms with van der Waals surface area (Å²) in [4.78, 5) is 11.8. The van der Waals surface area contributed by atoms with E-state index < -0.39 is 29.4 Å². The van der Waals surface area contributed by atoms with Crippen LogP contribution in [0.15, 0.2) is 0 Å². The van der Waals surface area contributed by atoms with Crippen molar-refractivity contribution < 1.29 is 32.9 Å². The number of esters is 1. The molecule has 3 saturated carbocycles. The number of carbonyl (C=O) groups is 1. The lowest BCUT2D eigenvalue weighted by Gasteiger charge is -2.67. The number of alkyl halides is 2. The highest BCUT2D eigenvalue weighted by molar-refractivity contribution is 5.77. The van der Waals surface area contributed by atoms with Crippen molar-refractivity contribution in [3.63, 3.8) is 0 Å². The van der Waals surface area contributed by atoms with Gasteiger partial charge >= 0.3 is 11.9 Å². The summed E-state index contributed by atoms with van der Waals surface area (Å²) in [5, 5.41) is 9.36. The van der Waals surface area contributed by atoms with E-state index in [-0.39, 0.29) is 30.5 Å². The fraction of sp³-hybridized carbons (Fsp3) is 0.938. The third-order valence-electron chi connectivity index (χ3n) is 6.01. The minimum Gasteiger partial charge on any atom is -0.449 e. The predicted octanol–water partition coefficient (Wildman–Crippen LogP) is 2.11. The molecule has 7 heteroatoms. The van der Waals surface area contributed by atoms with Crippen molar-refractivity contribution in [1.82, 2.24) is 0 Å². The molecule has 0 amide bonds. The maximum absolute atomic E-state index is 13.3. The quantitative estimate of drug-likeness (QED) is 0.801. The molecule has 0 aromatic heterocycles. The summed E-state index contributed by atoms with van der Waals surface area (Å²) in [6.45, 7) is 6.22. The Labute approximate surface area is 134 Å². The molecule has 5 nitrogen and oxygen atoms in total. The Morgan fingerprint density at radius 2 is 2.04 bits per heavy atom. The van der Waals surface area contributed by atoms with Gasteiger partial charge in [-0.25, -0.2) is 4.79 Å². The van der Waals surface area contributed by atoms with Crippen molar-refractivity contribution in [3.8, 4) is 0 Å². The summed E-state index contributed by atoms with van der Waals surface area (Å²) >= 11 is 0. The molecule has 0 aromatic rings. The molecule has 1 spiro atoms. The Kier molecular flexibility index (Phi) is 3.60. The van der Waals surface area contributed by atoms with Crippen LogP contribution in [-0.4, -0.2) is 47.7 Å². The lowest BCUT2D eigenvalue weighted by atomic mass is 9.43. The topological polar surface area (TPSA) is 65.0 Å². The van der Waals surface area contributed by atoms with Gasteiger partial charge in [-0.1, -0.05) is 13.8 Å². The van der Waals surface area contributed by atoms with E-state index in [1.54, 1.807) is 6.92 Å². The third-order valence-corrected chi connectivity index (χ3v) is 6.01. The number of rotatable bonds is 3. The van der Waals surface area contributed by atoms with Crippen LogP contribution >= 0.6 is 0 Å². The number of hydrogen-bond acceptors (Lipinski definition) is 5. The van der Waals surface area contributed by atoms with Crippen LogP contribution in [-0.2, 0) is 19.0 Å². The summed E-state index contributed by atoms with van der Waals surface area (Å²) in [6, 6.07) is 0. The van der Waals surface area contributed by atoms with Crippen LogP contribution in [0, 0.1) is 17.3 Å². The second-order valence-corrected chi connectivity index (χ2v) is 7.92. The monoisotopic (exact) mass is 334 g/mol. The molecule has 4 rings (SSSR count). The average Bonchev–Trinajstić information content (AvgIpc) is 2.85. The third kappa shape index (κ3) is 2.23. The maximum atomic E-state index is 13.3. The van der Waals surface area contributed by atoms with Crippen molar-refractivity contribution in [3.05, 3.63) is 0 Å². The molecule has 2 bridgehead atoms. The van der Waals surface area contributed by atoms with E-state index in [0.29, 0.717) is 13.3 Å². The van der Waals surface area contributed by atoms with Crippen LogP contribution in [0.25, 0.3) is 0 Å². The zero-order valence-electron chi connectivity index (χ0n) is 13.9. The Balaban J connectivity index is 1.94. The lowest BCUT2D eigenvalue weighted by molar-refractivity contribution is -0.381. The lowest BCUT2D eigenvalue weighted by Crippen LogP contribution is -2.74. The zero-order chi connectivity index (χ0) is 17.3. The van der Waals surface area contributed by atoms with Gasteiger partial charge in [-0.05, 0) is 31.1 Å². The fourth-order valence-electron chi connectivity index (χ4n) is 4.48. The SMILES string of the molecule is CC(F)(F)C(=O)OC1(C)CC2CC(C2(C)C)C12OCC(CO)O2. The fourth-order valence-corrected chi connectivity index (χ4v) is 4.48. The summed E-state index contributed by atoms with van der Waals surface area (Å²) in [7, 11) is 0. The molecule has 1 aliphatic heterocycles. The molecule has 132 valence electrons. The van der Waals surface area contributed by atoms with Gasteiger partial charge in [-0.15, -0.1) is 0 Å². The van der Waals surface area contributed by atoms with Crippen molar-refractivity contribution in [2.24, 2.45) is 17.3 Å². The smallest absolute Gasteiger partial charge is 0.377 e. The number of aliphatic hydroxyl groups is 1. The number of ether oxygens (including phenoxy) is 3. The highest BCUT2D eigenvalue weighted by atomic mass is 19.3. The van der Waals surface area contributed by atoms with Crippen molar-refractivity contribution in [2.75, 3.05) is 13.2 Å². The van der Waals surface area contributed by atoms with Crippen LogP contribution in [0.5, 0.6) is 0 Å². The van der Waals surface area contributed by atoms with Gasteiger partial charge < -0.3 is 19.3 Å². The molecule has 5 atom stereocenters. The number of fused-ring (bicyclic) bond motifs is 1. The maximum Gasteiger partial charge on any atom is 0.377 e. The van der Waals surface area contributed by atoms with Crippen LogP contribution in [0.3, 0.4) is 0 Å². The van der Waals surface area contributed by atoms with Crippen molar-refractivity contribution in [1.29, 1.82) is 0 Å². The number of hydrogen-bond donors (Lipinski definition) is 1. The van der Waals surface area contributed by atoms with Gasteiger partial charge in [-0.3, -0.25) is 0 Å². The van der Waals surface area contributed by atoms with E-state index in [9.17, 15) is 18.7 Å². The Morgan fingerprint density at radius 3 is 2.52 bits per heavy atom. The van der Waals surface area contributed by atoms with E-state index >= 15 is 0 Å². The van der Waals surface area contributed by atoms with Crippen LogP contribution < -0.4 is 0 Å². The van der Waals surface area contributed by atoms with E-state index in [1.807, 2.05) is 0 Å². The normalized spacial score (nSPS) is 44.9. The number of halogens is 2. The zero-order valence-corrected chi connectivity index (χ0v) is 13.9. The van der Waals surface area contributed by atoms with Gasteiger partial charge in [0.15, 0.2) is 5.60 Å². The largest absolute Gasteiger partial charge is 0.449 e. The second-order valence-electron chi connectivity index (χ2n) is 7.92. The summed E-state index contributed by atoms with van der Waals surface area (Å²) in [6.07, 6.45) is 0.695. The van der Waals surface area contributed by atoms with Gasteiger partial charge in [0.05, 0.1) is 13.2 Å². The summed E-state index contributed by atoms with van der Waals surface area (Å²) < 4.78 is 43.7. The van der Waals surface area contributed by atoms with Gasteiger partial charge in [0, 0.05) is 12.8 Å². The van der Waals surface area contributed by atoms with Crippen LogP contribution in [0.2, 0.25) is 0 Å². The minimum atomic E-state index is -3.57. The molecule has 1 N–H and O–H groups in total. The van der Waals surface area contributed by atoms with Gasteiger partial charge in [0.2, 0.25) is 5.79 Å². The first-order valence-corrected chi connectivity index (χ1v) is 8.00. The molecule has 5 unspecified atom stereocenters. The first-order chi connectivity index (χ1) is 10.5. The minimum absolute atomic E-state index is 0.0754. The summed E-state index contributed by atoms with van der Waals surface area (Å²) in [5.74, 6) is -6.25. The molecular weight excluding hydrogens is 310 g/mol. The molecule has 3 aliphatic carbocycles. The first-order valence-electron chi connectivity index (χ1n) is 8.00. The van der Waals surface area contributed by atoms with E-state index in [1.165, 1.54) is 0 Å². The van der Waals surface area contributed by atoms with Gasteiger partial charge in [-0.2, -0.15) is 8.78 Å². The number of aliphatic hydroxyl groups excluding tert-OH is 1. The highest BCUT2D eigenvalue weighted by Crippen LogP contribution is 2.68. The number of carbonyl (C=O) groups excluding carboxylic acids is 1. The molecule has 23 heavy (non-hydrogen) atoms. The standard InChI is InChI=1S/C16H24F2O5/c1-13(2)9-5-11(13)16(21-8-10(7-19)22-16)14(3,6-9)23-12(20)15(4,17)18/h9-11,19H,5-8H2,1-4H3. The van der Waals surface area contributed by atoms with Gasteiger partial charge in [0.25, 0.3) is 0 Å². The van der Waals surface area contributed by atoms with E-state index in [0.717, 1.165) is 6.42 Å². The second kappa shape index (κ2) is 4.86. The Morgan fingerprint density at radius 1 is 1.39 bits per heavy atom. The molecule has 1 heterocycles. The van der Waals surface area contributed by atoms with Crippen LogP contribution in [0.1, 0.15) is 40.5 Å². The first kappa shape index (κ1) is 17.0. The Bertz CT molecular complexity index is 517. The molecule has 0 radical (unpaired) electrons. The van der Waals surface area contributed by atoms with E-state index in [2.05, 4.69) is 13.8 Å².